The fraction of sp³-hybridized carbons (Fsp3) is 0.667. The Morgan fingerprint density at radius 1 is 1.67 bits per heavy atom. The summed E-state index contributed by atoms with van der Waals surface area (Å²) in [5, 5.41) is 3.17. The lowest BCUT2D eigenvalue weighted by atomic mass is 10.2. The van der Waals surface area contributed by atoms with Gasteiger partial charge in [-0.15, -0.1) is 0 Å². The number of nitrogens with one attached hydrogen (secondary N) is 1. The molecule has 0 fully saturated rings. The average molecular weight is 167 g/mol. The molecule has 0 amide bonds. The van der Waals surface area contributed by atoms with Crippen molar-refractivity contribution in [3.05, 3.63) is 18.2 Å². The Labute approximate surface area is 73.8 Å². The standard InChI is InChI=1S/C9H17N3/c1-8(4-10-3)6-12-7-11-5-9(12)2/h5,7-8,10H,4,6H2,1-3H3. The largest absolute Gasteiger partial charge is 0.335 e. The van der Waals surface area contributed by atoms with Gasteiger partial charge in [-0.2, -0.15) is 0 Å². The molecular weight excluding hydrogens is 150 g/mol. The number of nitrogens with zero attached hydrogens (tertiary/aromatic N) is 2. The molecule has 3 nitrogen and oxygen atoms in total. The fourth-order valence-corrected chi connectivity index (χ4v) is 1.33. The predicted octanol–water partition coefficient (Wildman–Crippen LogP) is 1.05. The van der Waals surface area contributed by atoms with Crippen LogP contribution in [-0.2, 0) is 6.54 Å². The third-order valence-electron chi connectivity index (χ3n) is 1.98. The molecule has 68 valence electrons. The molecule has 1 heterocycles. The highest BCUT2D eigenvalue weighted by molar-refractivity contribution is 4.94. The van der Waals surface area contributed by atoms with Gasteiger partial charge in [0.15, 0.2) is 0 Å². The molecular formula is C9H17N3. The Hall–Kier alpha value is -0.830. The topological polar surface area (TPSA) is 29.9 Å². The molecule has 0 aromatic carbocycles. The Morgan fingerprint density at radius 2 is 2.42 bits per heavy atom. The van der Waals surface area contributed by atoms with Gasteiger partial charge in [-0.1, -0.05) is 6.92 Å². The van der Waals surface area contributed by atoms with Crippen molar-refractivity contribution in [3.8, 4) is 0 Å². The van der Waals surface area contributed by atoms with Crippen LogP contribution in [-0.4, -0.2) is 23.1 Å². The number of hydrogen-bond donors (Lipinski definition) is 1. The summed E-state index contributed by atoms with van der Waals surface area (Å²) in [4.78, 5) is 4.08. The molecule has 1 rings (SSSR count). The summed E-state index contributed by atoms with van der Waals surface area (Å²) >= 11 is 0. The lowest BCUT2D eigenvalue weighted by molar-refractivity contribution is 0.457. The highest BCUT2D eigenvalue weighted by Crippen LogP contribution is 2.02. The van der Waals surface area contributed by atoms with Crippen molar-refractivity contribution in [2.24, 2.45) is 5.92 Å². The third-order valence-corrected chi connectivity index (χ3v) is 1.98. The van der Waals surface area contributed by atoms with Crippen LogP contribution in [0.15, 0.2) is 12.5 Å². The fourth-order valence-electron chi connectivity index (χ4n) is 1.33. The Kier molecular flexibility index (Phi) is 3.29. The van der Waals surface area contributed by atoms with Crippen LogP contribution in [0.5, 0.6) is 0 Å². The molecule has 0 aliphatic carbocycles. The maximum Gasteiger partial charge on any atom is 0.0948 e. The summed E-state index contributed by atoms with van der Waals surface area (Å²) in [5.41, 5.74) is 1.23. The molecule has 1 N–H and O–H groups in total. The Bertz CT molecular complexity index is 229. The predicted molar refractivity (Wildman–Crippen MR) is 50.1 cm³/mol. The maximum absolute atomic E-state index is 4.08. The summed E-state index contributed by atoms with van der Waals surface area (Å²) in [6.07, 6.45) is 3.79. The lowest BCUT2D eigenvalue weighted by Crippen LogP contribution is -2.20. The van der Waals surface area contributed by atoms with Crippen LogP contribution in [0.3, 0.4) is 0 Å². The SMILES string of the molecule is CNCC(C)Cn1cncc1C. The molecule has 0 radical (unpaired) electrons. The molecule has 1 aromatic rings. The smallest absolute Gasteiger partial charge is 0.0948 e. The summed E-state index contributed by atoms with van der Waals surface area (Å²) in [6.45, 7) is 6.42. The molecule has 12 heavy (non-hydrogen) atoms. The second kappa shape index (κ2) is 4.26. The van der Waals surface area contributed by atoms with Gasteiger partial charge in [-0.05, 0) is 26.4 Å². The minimum absolute atomic E-state index is 0.655. The van der Waals surface area contributed by atoms with Crippen molar-refractivity contribution >= 4 is 0 Å². The van der Waals surface area contributed by atoms with Crippen LogP contribution >= 0.6 is 0 Å². The van der Waals surface area contributed by atoms with Crippen LogP contribution in [0, 0.1) is 12.8 Å². The number of aryl methyl sites for hydroxylation is 1. The van der Waals surface area contributed by atoms with Crippen molar-refractivity contribution in [1.82, 2.24) is 14.9 Å². The van der Waals surface area contributed by atoms with Crippen molar-refractivity contribution in [2.45, 2.75) is 20.4 Å². The van der Waals surface area contributed by atoms with Crippen molar-refractivity contribution in [3.63, 3.8) is 0 Å². The summed E-state index contributed by atoms with van der Waals surface area (Å²) < 4.78 is 2.18. The first kappa shape index (κ1) is 9.26. The molecule has 0 saturated carbocycles. The number of rotatable bonds is 4. The van der Waals surface area contributed by atoms with Crippen LogP contribution in [0.4, 0.5) is 0 Å². The molecule has 0 spiro atoms. The number of aromatic nitrogens is 2. The zero-order chi connectivity index (χ0) is 8.97. The molecule has 1 unspecified atom stereocenters. The van der Waals surface area contributed by atoms with E-state index in [1.807, 2.05) is 19.6 Å². The summed E-state index contributed by atoms with van der Waals surface area (Å²) in [7, 11) is 1.98. The van der Waals surface area contributed by atoms with Gasteiger partial charge in [-0.25, -0.2) is 4.98 Å². The first-order chi connectivity index (χ1) is 5.74. The molecule has 1 atom stereocenters. The van der Waals surface area contributed by atoms with Crippen molar-refractivity contribution < 1.29 is 0 Å². The van der Waals surface area contributed by atoms with E-state index in [-0.39, 0.29) is 0 Å². The minimum Gasteiger partial charge on any atom is -0.335 e. The summed E-state index contributed by atoms with van der Waals surface area (Å²) in [6, 6.07) is 0. The minimum atomic E-state index is 0.655. The number of imidazole rings is 1. The lowest BCUT2D eigenvalue weighted by Gasteiger charge is -2.12. The van der Waals surface area contributed by atoms with E-state index < -0.39 is 0 Å². The molecule has 1 aromatic heterocycles. The number of hydrogen-bond acceptors (Lipinski definition) is 2. The van der Waals surface area contributed by atoms with Crippen LogP contribution < -0.4 is 5.32 Å². The van der Waals surface area contributed by atoms with Gasteiger partial charge in [0.25, 0.3) is 0 Å². The molecule has 0 aliphatic heterocycles. The maximum atomic E-state index is 4.08. The van der Waals surface area contributed by atoms with E-state index in [9.17, 15) is 0 Å². The van der Waals surface area contributed by atoms with Crippen molar-refractivity contribution in [2.75, 3.05) is 13.6 Å². The normalized spacial score (nSPS) is 13.2. The van der Waals surface area contributed by atoms with Crippen LogP contribution in [0.25, 0.3) is 0 Å². The van der Waals surface area contributed by atoms with Gasteiger partial charge in [-0.3, -0.25) is 0 Å². The van der Waals surface area contributed by atoms with E-state index >= 15 is 0 Å². The zero-order valence-electron chi connectivity index (χ0n) is 8.04. The zero-order valence-corrected chi connectivity index (χ0v) is 8.04. The van der Waals surface area contributed by atoms with E-state index in [0.29, 0.717) is 5.92 Å². The van der Waals surface area contributed by atoms with Crippen LogP contribution in [0.2, 0.25) is 0 Å². The van der Waals surface area contributed by atoms with Crippen LogP contribution in [0.1, 0.15) is 12.6 Å². The first-order valence-corrected chi connectivity index (χ1v) is 4.35. The third kappa shape index (κ3) is 2.34. The Balaban J connectivity index is 2.46. The quantitative estimate of drug-likeness (QED) is 0.726. The second-order valence-electron chi connectivity index (χ2n) is 3.35. The first-order valence-electron chi connectivity index (χ1n) is 4.35. The van der Waals surface area contributed by atoms with E-state index in [1.54, 1.807) is 0 Å². The van der Waals surface area contributed by atoms with E-state index in [0.717, 1.165) is 13.1 Å². The van der Waals surface area contributed by atoms with Gasteiger partial charge in [0.2, 0.25) is 0 Å². The van der Waals surface area contributed by atoms with E-state index in [1.165, 1.54) is 5.69 Å². The molecule has 0 bridgehead atoms. The molecule has 3 heteroatoms. The van der Waals surface area contributed by atoms with E-state index in [2.05, 4.69) is 28.7 Å². The van der Waals surface area contributed by atoms with Gasteiger partial charge in [0.1, 0.15) is 0 Å². The van der Waals surface area contributed by atoms with Gasteiger partial charge < -0.3 is 9.88 Å². The van der Waals surface area contributed by atoms with E-state index in [4.69, 9.17) is 0 Å². The van der Waals surface area contributed by atoms with Crippen molar-refractivity contribution in [1.29, 1.82) is 0 Å². The summed E-state index contributed by atoms with van der Waals surface area (Å²) in [5.74, 6) is 0.655. The van der Waals surface area contributed by atoms with Gasteiger partial charge in [0.05, 0.1) is 6.33 Å². The highest BCUT2D eigenvalue weighted by atomic mass is 15.0. The van der Waals surface area contributed by atoms with Gasteiger partial charge >= 0.3 is 0 Å². The molecule has 0 aliphatic rings. The Morgan fingerprint density at radius 3 is 2.92 bits per heavy atom. The molecule has 0 saturated heterocycles. The highest BCUT2D eigenvalue weighted by Gasteiger charge is 2.02. The second-order valence-corrected chi connectivity index (χ2v) is 3.35. The van der Waals surface area contributed by atoms with Gasteiger partial charge in [0, 0.05) is 18.4 Å². The monoisotopic (exact) mass is 167 g/mol. The average Bonchev–Trinajstić information content (AvgIpc) is 2.37.